The molecule has 0 heterocycles. The molecule has 0 aliphatic carbocycles. The van der Waals surface area contributed by atoms with Gasteiger partial charge in [0.2, 0.25) is 0 Å². The Kier molecular flexibility index (Phi) is 2.34. The lowest BCUT2D eigenvalue weighted by Gasteiger charge is -1.97. The number of hydrogen-bond acceptors (Lipinski definition) is 1. The Morgan fingerprint density at radius 3 is 2.20 bits per heavy atom. The predicted molar refractivity (Wildman–Crippen MR) is 33.9 cm³/mol. The standard InChI is InChI=1S/C7H6F2N/c8-10(9)6-7-4-2-1-3-5-7/h1-6H. The van der Waals surface area contributed by atoms with E-state index < -0.39 is 5.34 Å². The van der Waals surface area contributed by atoms with E-state index in [9.17, 15) is 8.96 Å². The molecule has 53 valence electrons. The summed E-state index contributed by atoms with van der Waals surface area (Å²) in [5.41, 5.74) is 0.493. The number of nitrogens with zero attached hydrogens (tertiary/aromatic N) is 1. The van der Waals surface area contributed by atoms with Crippen LogP contribution in [-0.2, 0) is 0 Å². The quantitative estimate of drug-likeness (QED) is 0.572. The molecule has 0 spiro atoms. The molecule has 0 saturated carbocycles. The van der Waals surface area contributed by atoms with Crippen molar-refractivity contribution in [2.45, 2.75) is 0 Å². The summed E-state index contributed by atoms with van der Waals surface area (Å²) in [5, 5.41) is -0.963. The van der Waals surface area contributed by atoms with Crippen LogP contribution in [0, 0.1) is 6.54 Å². The Morgan fingerprint density at radius 2 is 1.70 bits per heavy atom. The maximum Gasteiger partial charge on any atom is 0.123 e. The SMILES string of the molecule is FN(F)[CH]c1ccccc1. The first kappa shape index (κ1) is 7.15. The molecule has 1 radical (unpaired) electrons. The molecule has 1 rings (SSSR count). The number of rotatable bonds is 2. The zero-order valence-corrected chi connectivity index (χ0v) is 5.17. The largest absolute Gasteiger partial charge is 0.123 e. The molecule has 0 atom stereocenters. The van der Waals surface area contributed by atoms with E-state index in [0.29, 0.717) is 5.56 Å². The van der Waals surface area contributed by atoms with Crippen LogP contribution in [0.1, 0.15) is 5.56 Å². The highest BCUT2D eigenvalue weighted by Gasteiger charge is 1.99. The van der Waals surface area contributed by atoms with Crippen molar-refractivity contribution in [1.29, 1.82) is 0 Å². The first-order valence-corrected chi connectivity index (χ1v) is 2.80. The Labute approximate surface area is 57.8 Å². The minimum Gasteiger partial charge on any atom is -0.101 e. The molecular formula is C7H6F2N. The van der Waals surface area contributed by atoms with E-state index in [-0.39, 0.29) is 0 Å². The predicted octanol–water partition coefficient (Wildman–Crippen LogP) is 2.27. The summed E-state index contributed by atoms with van der Waals surface area (Å²) in [4.78, 5) is 0. The van der Waals surface area contributed by atoms with Crippen molar-refractivity contribution in [3.63, 3.8) is 0 Å². The summed E-state index contributed by atoms with van der Waals surface area (Å²) in [7, 11) is 0. The van der Waals surface area contributed by atoms with Gasteiger partial charge in [0.15, 0.2) is 0 Å². The molecule has 0 saturated heterocycles. The topological polar surface area (TPSA) is 3.24 Å². The highest BCUT2D eigenvalue weighted by Crippen LogP contribution is 2.06. The van der Waals surface area contributed by atoms with Gasteiger partial charge in [-0.05, 0) is 5.56 Å². The summed E-state index contributed by atoms with van der Waals surface area (Å²) >= 11 is 0. The molecule has 0 aliphatic rings. The van der Waals surface area contributed by atoms with Gasteiger partial charge in [-0.1, -0.05) is 30.3 Å². The minimum atomic E-state index is -0.963. The van der Waals surface area contributed by atoms with Gasteiger partial charge in [-0.3, -0.25) is 0 Å². The molecule has 0 bridgehead atoms. The Morgan fingerprint density at radius 1 is 1.10 bits per heavy atom. The molecule has 0 aromatic heterocycles. The highest BCUT2D eigenvalue weighted by molar-refractivity contribution is 5.20. The van der Waals surface area contributed by atoms with Gasteiger partial charge in [-0.2, -0.15) is 0 Å². The fourth-order valence-electron chi connectivity index (χ4n) is 0.652. The second kappa shape index (κ2) is 3.27. The van der Waals surface area contributed by atoms with Gasteiger partial charge >= 0.3 is 0 Å². The maximum absolute atomic E-state index is 11.5. The van der Waals surface area contributed by atoms with E-state index in [4.69, 9.17) is 0 Å². The molecule has 0 unspecified atom stereocenters. The van der Waals surface area contributed by atoms with Crippen LogP contribution in [0.4, 0.5) is 8.96 Å². The number of halogens is 2. The van der Waals surface area contributed by atoms with Crippen molar-refractivity contribution in [3.05, 3.63) is 42.4 Å². The summed E-state index contributed by atoms with van der Waals surface area (Å²) in [6, 6.07) is 8.39. The zero-order chi connectivity index (χ0) is 7.40. The first-order chi connectivity index (χ1) is 4.79. The molecule has 0 amide bonds. The summed E-state index contributed by atoms with van der Waals surface area (Å²) in [6.07, 6.45) is 0. The van der Waals surface area contributed by atoms with Crippen LogP contribution in [0.15, 0.2) is 30.3 Å². The summed E-state index contributed by atoms with van der Waals surface area (Å²) in [5.74, 6) is 0. The molecule has 0 aliphatic heterocycles. The highest BCUT2D eigenvalue weighted by atomic mass is 19.4. The lowest BCUT2D eigenvalue weighted by Crippen LogP contribution is -1.95. The number of hydrogen-bond donors (Lipinski definition) is 0. The first-order valence-electron chi connectivity index (χ1n) is 2.80. The summed E-state index contributed by atoms with van der Waals surface area (Å²) < 4.78 is 23.0. The van der Waals surface area contributed by atoms with Crippen molar-refractivity contribution < 1.29 is 8.96 Å². The van der Waals surface area contributed by atoms with Crippen LogP contribution in [0.25, 0.3) is 0 Å². The minimum absolute atomic E-state index is 0.493. The monoisotopic (exact) mass is 142 g/mol. The van der Waals surface area contributed by atoms with Crippen LogP contribution in [0.2, 0.25) is 0 Å². The van der Waals surface area contributed by atoms with Crippen LogP contribution in [0.3, 0.4) is 0 Å². The Hall–Kier alpha value is -0.960. The van der Waals surface area contributed by atoms with Gasteiger partial charge in [0, 0.05) is 5.34 Å². The van der Waals surface area contributed by atoms with E-state index in [1.165, 1.54) is 0 Å². The van der Waals surface area contributed by atoms with Crippen molar-refractivity contribution in [2.75, 3.05) is 0 Å². The van der Waals surface area contributed by atoms with E-state index in [1.54, 1.807) is 30.3 Å². The van der Waals surface area contributed by atoms with Gasteiger partial charge in [-0.25, -0.2) is 0 Å². The van der Waals surface area contributed by atoms with Crippen LogP contribution < -0.4 is 0 Å². The lowest BCUT2D eigenvalue weighted by atomic mass is 10.2. The van der Waals surface area contributed by atoms with Crippen LogP contribution >= 0.6 is 0 Å². The molecule has 1 nitrogen and oxygen atoms in total. The maximum atomic E-state index is 11.5. The third kappa shape index (κ3) is 2.11. The van der Waals surface area contributed by atoms with Crippen molar-refractivity contribution >= 4 is 0 Å². The molecule has 1 aromatic rings. The smallest absolute Gasteiger partial charge is 0.101 e. The molecule has 1 aromatic carbocycles. The van der Waals surface area contributed by atoms with E-state index in [0.717, 1.165) is 6.54 Å². The van der Waals surface area contributed by atoms with Gasteiger partial charge in [0.25, 0.3) is 0 Å². The molecule has 3 heteroatoms. The average Bonchev–Trinajstić information content (AvgIpc) is 1.88. The van der Waals surface area contributed by atoms with E-state index in [1.807, 2.05) is 0 Å². The molecule has 0 N–H and O–H groups in total. The zero-order valence-electron chi connectivity index (χ0n) is 5.17. The molecule has 10 heavy (non-hydrogen) atoms. The fraction of sp³-hybridized carbons (Fsp3) is 0. The number of benzene rings is 1. The molecular weight excluding hydrogens is 136 g/mol. The van der Waals surface area contributed by atoms with Crippen molar-refractivity contribution in [1.82, 2.24) is 5.34 Å². The van der Waals surface area contributed by atoms with Gasteiger partial charge in [-0.15, -0.1) is 8.96 Å². The second-order valence-electron chi connectivity index (χ2n) is 1.80. The van der Waals surface area contributed by atoms with Gasteiger partial charge in [0.1, 0.15) is 6.54 Å². The van der Waals surface area contributed by atoms with Gasteiger partial charge < -0.3 is 0 Å². The van der Waals surface area contributed by atoms with Gasteiger partial charge in [0.05, 0.1) is 0 Å². The van der Waals surface area contributed by atoms with E-state index >= 15 is 0 Å². The third-order valence-corrected chi connectivity index (χ3v) is 1.05. The van der Waals surface area contributed by atoms with Crippen LogP contribution in [0.5, 0.6) is 0 Å². The van der Waals surface area contributed by atoms with Crippen molar-refractivity contribution in [2.24, 2.45) is 0 Å². The Bertz CT molecular complexity index is 186. The lowest BCUT2D eigenvalue weighted by molar-refractivity contribution is -0.118. The van der Waals surface area contributed by atoms with Crippen LogP contribution in [-0.4, -0.2) is 5.34 Å². The third-order valence-electron chi connectivity index (χ3n) is 1.05. The average molecular weight is 142 g/mol. The second-order valence-corrected chi connectivity index (χ2v) is 1.80. The summed E-state index contributed by atoms with van der Waals surface area (Å²) in [6.45, 7) is 0.750. The Balaban J connectivity index is 2.59. The fourth-order valence-corrected chi connectivity index (χ4v) is 0.652. The van der Waals surface area contributed by atoms with Crippen molar-refractivity contribution in [3.8, 4) is 0 Å². The van der Waals surface area contributed by atoms with E-state index in [2.05, 4.69) is 0 Å². The normalized spacial score (nSPS) is 10.3. The molecule has 0 fully saturated rings.